The predicted molar refractivity (Wildman–Crippen MR) is 77.4 cm³/mol. The van der Waals surface area contributed by atoms with Crippen LogP contribution in [0.25, 0.3) is 0 Å². The minimum atomic E-state index is 0. The average molecular weight is 264 g/mol. The highest BCUT2D eigenvalue weighted by Crippen LogP contribution is 2.23. The molecular formula is C15H18ClNO. The van der Waals surface area contributed by atoms with E-state index in [9.17, 15) is 0 Å². The topological polar surface area (TPSA) is 35.2 Å². The van der Waals surface area contributed by atoms with Gasteiger partial charge in [-0.05, 0) is 36.2 Å². The van der Waals surface area contributed by atoms with Gasteiger partial charge in [0.15, 0.2) is 0 Å². The molecule has 2 N–H and O–H groups in total. The Labute approximate surface area is 114 Å². The first-order valence-electron chi connectivity index (χ1n) is 5.88. The molecule has 1 atom stereocenters. The number of rotatable bonds is 4. The van der Waals surface area contributed by atoms with Crippen molar-refractivity contribution in [1.82, 2.24) is 0 Å². The smallest absolute Gasteiger partial charge is 0.127 e. The molecule has 0 spiro atoms. The van der Waals surface area contributed by atoms with Crippen LogP contribution >= 0.6 is 12.4 Å². The van der Waals surface area contributed by atoms with Gasteiger partial charge in [0.05, 0.1) is 0 Å². The molecule has 18 heavy (non-hydrogen) atoms. The van der Waals surface area contributed by atoms with Crippen molar-refractivity contribution in [3.05, 3.63) is 60.2 Å². The van der Waals surface area contributed by atoms with Crippen LogP contribution in [-0.4, -0.2) is 0 Å². The van der Waals surface area contributed by atoms with Gasteiger partial charge < -0.3 is 10.5 Å². The molecule has 0 saturated heterocycles. The maximum absolute atomic E-state index is 5.96. The van der Waals surface area contributed by atoms with E-state index in [4.69, 9.17) is 10.5 Å². The van der Waals surface area contributed by atoms with Gasteiger partial charge in [-0.15, -0.1) is 12.4 Å². The third-order valence-electron chi connectivity index (χ3n) is 2.73. The Bertz CT molecular complexity index is 456. The quantitative estimate of drug-likeness (QED) is 0.892. The van der Waals surface area contributed by atoms with E-state index in [1.54, 1.807) is 0 Å². The monoisotopic (exact) mass is 263 g/mol. The van der Waals surface area contributed by atoms with Crippen molar-refractivity contribution >= 4 is 12.4 Å². The molecule has 2 nitrogen and oxygen atoms in total. The molecule has 0 saturated carbocycles. The third-order valence-corrected chi connectivity index (χ3v) is 2.73. The molecule has 2 aromatic carbocycles. The van der Waals surface area contributed by atoms with Gasteiger partial charge in [-0.25, -0.2) is 0 Å². The van der Waals surface area contributed by atoms with E-state index in [-0.39, 0.29) is 18.4 Å². The third kappa shape index (κ3) is 3.76. The minimum Gasteiger partial charge on any atom is -0.457 e. The molecule has 0 aliphatic carbocycles. The first-order chi connectivity index (χ1) is 8.29. The Kier molecular flexibility index (Phi) is 5.69. The molecule has 0 aromatic heterocycles. The van der Waals surface area contributed by atoms with Crippen LogP contribution in [0.4, 0.5) is 0 Å². The fourth-order valence-electron chi connectivity index (χ4n) is 1.64. The van der Waals surface area contributed by atoms with Crippen molar-refractivity contribution in [3.63, 3.8) is 0 Å². The highest BCUT2D eigenvalue weighted by atomic mass is 35.5. The zero-order valence-electron chi connectivity index (χ0n) is 10.4. The largest absolute Gasteiger partial charge is 0.457 e. The highest BCUT2D eigenvalue weighted by molar-refractivity contribution is 5.85. The van der Waals surface area contributed by atoms with Crippen LogP contribution in [0.1, 0.15) is 24.9 Å². The summed E-state index contributed by atoms with van der Waals surface area (Å²) in [6, 6.07) is 17.8. The first-order valence-corrected chi connectivity index (χ1v) is 5.88. The molecule has 0 bridgehead atoms. The number of halogens is 1. The lowest BCUT2D eigenvalue weighted by molar-refractivity contribution is 0.482. The van der Waals surface area contributed by atoms with Crippen LogP contribution in [0.3, 0.4) is 0 Å². The highest BCUT2D eigenvalue weighted by Gasteiger charge is 2.03. The summed E-state index contributed by atoms with van der Waals surface area (Å²) in [6.45, 7) is 2.08. The van der Waals surface area contributed by atoms with Gasteiger partial charge in [-0.2, -0.15) is 0 Å². The van der Waals surface area contributed by atoms with Crippen molar-refractivity contribution < 1.29 is 4.74 Å². The van der Waals surface area contributed by atoms with Crippen molar-refractivity contribution in [2.24, 2.45) is 5.73 Å². The van der Waals surface area contributed by atoms with E-state index >= 15 is 0 Å². The molecular weight excluding hydrogens is 246 g/mol. The molecule has 96 valence electrons. The van der Waals surface area contributed by atoms with E-state index in [1.807, 2.05) is 54.6 Å². The zero-order chi connectivity index (χ0) is 12.1. The molecule has 3 heteroatoms. The summed E-state index contributed by atoms with van der Waals surface area (Å²) in [5, 5.41) is 0. The maximum Gasteiger partial charge on any atom is 0.127 e. The van der Waals surface area contributed by atoms with Crippen LogP contribution < -0.4 is 10.5 Å². The molecule has 0 amide bonds. The number of benzene rings is 2. The van der Waals surface area contributed by atoms with Crippen molar-refractivity contribution in [2.45, 2.75) is 19.4 Å². The normalized spacial score (nSPS) is 11.4. The second-order valence-corrected chi connectivity index (χ2v) is 4.00. The molecule has 0 heterocycles. The van der Waals surface area contributed by atoms with Crippen LogP contribution in [0.5, 0.6) is 11.5 Å². The predicted octanol–water partition coefficient (Wildman–Crippen LogP) is 4.31. The standard InChI is InChI=1S/C15H17NO.ClH/c1-2-15(16)12-8-10-14(11-9-12)17-13-6-4-3-5-7-13;/h3-11,15H,2,16H2,1H3;1H/t15-;/m1./s1. The Balaban J connectivity index is 0.00000162. The van der Waals surface area contributed by atoms with E-state index in [0.29, 0.717) is 0 Å². The van der Waals surface area contributed by atoms with Gasteiger partial charge in [0, 0.05) is 6.04 Å². The van der Waals surface area contributed by atoms with Crippen LogP contribution in [0, 0.1) is 0 Å². The van der Waals surface area contributed by atoms with Gasteiger partial charge in [-0.3, -0.25) is 0 Å². The van der Waals surface area contributed by atoms with Crippen molar-refractivity contribution in [1.29, 1.82) is 0 Å². The molecule has 0 unspecified atom stereocenters. The van der Waals surface area contributed by atoms with Gasteiger partial charge in [0.1, 0.15) is 11.5 Å². The Morgan fingerprint density at radius 1 is 0.944 bits per heavy atom. The van der Waals surface area contributed by atoms with Crippen molar-refractivity contribution in [2.75, 3.05) is 0 Å². The Hall–Kier alpha value is -1.51. The zero-order valence-corrected chi connectivity index (χ0v) is 11.2. The molecule has 0 aliphatic heterocycles. The summed E-state index contributed by atoms with van der Waals surface area (Å²) < 4.78 is 5.71. The van der Waals surface area contributed by atoms with Crippen molar-refractivity contribution in [3.8, 4) is 11.5 Å². The Morgan fingerprint density at radius 3 is 2.06 bits per heavy atom. The van der Waals surface area contributed by atoms with Gasteiger partial charge in [0.25, 0.3) is 0 Å². The molecule has 0 radical (unpaired) electrons. The van der Waals surface area contributed by atoms with E-state index in [2.05, 4.69) is 6.92 Å². The van der Waals surface area contributed by atoms with E-state index in [0.717, 1.165) is 23.5 Å². The maximum atomic E-state index is 5.96. The lowest BCUT2D eigenvalue weighted by atomic mass is 10.1. The molecule has 0 fully saturated rings. The summed E-state index contributed by atoms with van der Waals surface area (Å²) in [6.07, 6.45) is 0.943. The molecule has 2 aromatic rings. The van der Waals surface area contributed by atoms with E-state index < -0.39 is 0 Å². The average Bonchev–Trinajstić information content (AvgIpc) is 2.40. The Morgan fingerprint density at radius 2 is 1.50 bits per heavy atom. The van der Waals surface area contributed by atoms with Crippen LogP contribution in [0.2, 0.25) is 0 Å². The molecule has 2 rings (SSSR count). The number of nitrogens with two attached hydrogens (primary N) is 1. The number of hydrogen-bond donors (Lipinski definition) is 1. The lowest BCUT2D eigenvalue weighted by Gasteiger charge is -2.10. The second-order valence-electron chi connectivity index (χ2n) is 4.00. The summed E-state index contributed by atoms with van der Waals surface area (Å²) in [5.74, 6) is 1.68. The van der Waals surface area contributed by atoms with E-state index in [1.165, 1.54) is 0 Å². The molecule has 0 aliphatic rings. The summed E-state index contributed by atoms with van der Waals surface area (Å²) in [5.41, 5.74) is 7.10. The minimum absolute atomic E-state index is 0. The second kappa shape index (κ2) is 7.04. The SMILES string of the molecule is CC[C@@H](N)c1ccc(Oc2ccccc2)cc1.Cl. The van der Waals surface area contributed by atoms with Gasteiger partial charge in [-0.1, -0.05) is 37.3 Å². The summed E-state index contributed by atoms with van der Waals surface area (Å²) in [4.78, 5) is 0. The number of ether oxygens (including phenoxy) is 1. The van der Waals surface area contributed by atoms with Gasteiger partial charge in [0.2, 0.25) is 0 Å². The summed E-state index contributed by atoms with van der Waals surface area (Å²) >= 11 is 0. The summed E-state index contributed by atoms with van der Waals surface area (Å²) in [7, 11) is 0. The number of para-hydroxylation sites is 1. The van der Waals surface area contributed by atoms with Crippen LogP contribution in [0.15, 0.2) is 54.6 Å². The number of hydrogen-bond acceptors (Lipinski definition) is 2. The first kappa shape index (κ1) is 14.6. The van der Waals surface area contributed by atoms with Gasteiger partial charge >= 0.3 is 0 Å². The lowest BCUT2D eigenvalue weighted by Crippen LogP contribution is -2.07. The fourth-order valence-corrected chi connectivity index (χ4v) is 1.64. The van der Waals surface area contributed by atoms with Crippen LogP contribution in [-0.2, 0) is 0 Å². The fraction of sp³-hybridized carbons (Fsp3) is 0.200.